The van der Waals surface area contributed by atoms with Gasteiger partial charge < -0.3 is 9.66 Å². The number of carbonyl (C=O) groups is 1. The predicted molar refractivity (Wildman–Crippen MR) is 78.0 cm³/mol. The minimum absolute atomic E-state index is 0.141. The van der Waals surface area contributed by atoms with Crippen molar-refractivity contribution in [2.75, 3.05) is 0 Å². The molecule has 2 N–H and O–H groups in total. The van der Waals surface area contributed by atoms with Crippen molar-refractivity contribution in [1.82, 2.24) is 9.71 Å². The lowest BCUT2D eigenvalue weighted by Crippen LogP contribution is -2.41. The SMILES string of the molecule is CC(C)(C)[S@+]([O-])N[C@H](CC(=O)O)c1ccnc(Br)c1. The van der Waals surface area contributed by atoms with E-state index >= 15 is 0 Å². The molecule has 106 valence electrons. The summed E-state index contributed by atoms with van der Waals surface area (Å²) in [5, 5.41) is 8.96. The molecule has 1 rings (SSSR count). The molecule has 1 aromatic rings. The van der Waals surface area contributed by atoms with Gasteiger partial charge in [-0.1, -0.05) is 0 Å². The summed E-state index contributed by atoms with van der Waals surface area (Å²) in [6, 6.07) is 2.92. The van der Waals surface area contributed by atoms with Crippen LogP contribution in [0.25, 0.3) is 0 Å². The first kappa shape index (κ1) is 16.4. The number of hydrogen-bond donors (Lipinski definition) is 2. The molecular formula is C12H17BrN2O3S. The van der Waals surface area contributed by atoms with Crippen molar-refractivity contribution in [2.24, 2.45) is 0 Å². The Hall–Kier alpha value is -0.630. The zero-order valence-electron chi connectivity index (χ0n) is 11.0. The van der Waals surface area contributed by atoms with Gasteiger partial charge in [0.2, 0.25) is 0 Å². The molecule has 19 heavy (non-hydrogen) atoms. The smallest absolute Gasteiger partial charge is 0.305 e. The van der Waals surface area contributed by atoms with E-state index in [0.29, 0.717) is 4.60 Å². The summed E-state index contributed by atoms with van der Waals surface area (Å²) in [6.45, 7) is 5.49. The van der Waals surface area contributed by atoms with Crippen LogP contribution in [0.15, 0.2) is 22.9 Å². The Bertz CT molecular complexity index is 451. The van der Waals surface area contributed by atoms with Gasteiger partial charge in [-0.25, -0.2) is 4.98 Å². The second-order valence-electron chi connectivity index (χ2n) is 5.06. The van der Waals surface area contributed by atoms with Crippen LogP contribution >= 0.6 is 15.9 Å². The number of nitrogens with one attached hydrogen (secondary N) is 1. The lowest BCUT2D eigenvalue weighted by Gasteiger charge is -2.27. The number of aromatic nitrogens is 1. The summed E-state index contributed by atoms with van der Waals surface area (Å²) in [4.78, 5) is 14.9. The van der Waals surface area contributed by atoms with E-state index < -0.39 is 28.1 Å². The summed E-state index contributed by atoms with van der Waals surface area (Å²) < 4.78 is 15.1. The summed E-state index contributed by atoms with van der Waals surface area (Å²) >= 11 is 1.90. The third-order valence-corrected chi connectivity index (χ3v) is 4.38. The Morgan fingerprint density at radius 1 is 1.63 bits per heavy atom. The Balaban J connectivity index is 2.92. The van der Waals surface area contributed by atoms with Crippen molar-refractivity contribution in [3.8, 4) is 0 Å². The van der Waals surface area contributed by atoms with Crippen LogP contribution in [0, 0.1) is 0 Å². The van der Waals surface area contributed by atoms with Gasteiger partial charge >= 0.3 is 5.97 Å². The fourth-order valence-electron chi connectivity index (χ4n) is 1.34. The van der Waals surface area contributed by atoms with Crippen LogP contribution in [0.1, 0.15) is 38.8 Å². The average Bonchev–Trinajstić information content (AvgIpc) is 2.26. The first-order valence-corrected chi connectivity index (χ1v) is 7.65. The van der Waals surface area contributed by atoms with E-state index in [1.165, 1.54) is 0 Å². The number of rotatable bonds is 5. The predicted octanol–water partition coefficient (Wildman–Crippen LogP) is 2.41. The molecule has 0 aromatic carbocycles. The van der Waals surface area contributed by atoms with Gasteiger partial charge in [-0.2, -0.15) is 0 Å². The summed E-state index contributed by atoms with van der Waals surface area (Å²) in [5.74, 6) is -0.948. The Labute approximate surface area is 124 Å². The van der Waals surface area contributed by atoms with E-state index in [4.69, 9.17) is 5.11 Å². The summed E-state index contributed by atoms with van der Waals surface area (Å²) in [6.07, 6.45) is 1.44. The Kier molecular flexibility index (Phi) is 5.79. The number of pyridine rings is 1. The Morgan fingerprint density at radius 2 is 2.26 bits per heavy atom. The molecule has 1 aromatic heterocycles. The molecule has 0 radical (unpaired) electrons. The van der Waals surface area contributed by atoms with Gasteiger partial charge in [0.1, 0.15) is 9.35 Å². The molecule has 2 atom stereocenters. The van der Waals surface area contributed by atoms with Gasteiger partial charge in [0.25, 0.3) is 0 Å². The zero-order chi connectivity index (χ0) is 14.6. The third kappa shape index (κ3) is 5.48. The first-order chi connectivity index (χ1) is 8.70. The van der Waals surface area contributed by atoms with Crippen LogP contribution in [0.2, 0.25) is 0 Å². The zero-order valence-corrected chi connectivity index (χ0v) is 13.4. The minimum Gasteiger partial charge on any atom is -0.598 e. The molecular weight excluding hydrogens is 332 g/mol. The molecule has 1 heterocycles. The normalized spacial score (nSPS) is 15.0. The van der Waals surface area contributed by atoms with Crippen LogP contribution in [0.5, 0.6) is 0 Å². The van der Waals surface area contributed by atoms with E-state index in [1.807, 2.05) is 20.8 Å². The molecule has 0 unspecified atom stereocenters. The van der Waals surface area contributed by atoms with Crippen LogP contribution in [0.3, 0.4) is 0 Å². The van der Waals surface area contributed by atoms with Gasteiger partial charge in [-0.3, -0.25) is 4.79 Å². The minimum atomic E-state index is -1.34. The maximum Gasteiger partial charge on any atom is 0.305 e. The Morgan fingerprint density at radius 3 is 2.74 bits per heavy atom. The fourth-order valence-corrected chi connectivity index (χ4v) is 2.56. The van der Waals surface area contributed by atoms with E-state index in [9.17, 15) is 9.35 Å². The van der Waals surface area contributed by atoms with Crippen molar-refractivity contribution in [3.05, 3.63) is 28.5 Å². The van der Waals surface area contributed by atoms with Gasteiger partial charge in [-0.15, -0.1) is 4.72 Å². The number of aliphatic carboxylic acids is 1. The lowest BCUT2D eigenvalue weighted by molar-refractivity contribution is -0.137. The molecule has 0 bridgehead atoms. The van der Waals surface area contributed by atoms with Crippen molar-refractivity contribution >= 4 is 33.3 Å². The van der Waals surface area contributed by atoms with Crippen molar-refractivity contribution < 1.29 is 14.5 Å². The molecule has 7 heteroatoms. The van der Waals surface area contributed by atoms with Gasteiger partial charge in [0, 0.05) is 17.6 Å². The molecule has 0 amide bonds. The highest BCUT2D eigenvalue weighted by atomic mass is 79.9. The van der Waals surface area contributed by atoms with Crippen LogP contribution in [-0.4, -0.2) is 25.4 Å². The van der Waals surface area contributed by atoms with Crippen LogP contribution in [-0.2, 0) is 16.2 Å². The van der Waals surface area contributed by atoms with Gasteiger partial charge in [0.05, 0.1) is 12.5 Å². The summed E-state index contributed by atoms with van der Waals surface area (Å²) in [5.41, 5.74) is 0.738. The van der Waals surface area contributed by atoms with Crippen molar-refractivity contribution in [1.29, 1.82) is 0 Å². The third-order valence-electron chi connectivity index (χ3n) is 2.34. The van der Waals surface area contributed by atoms with E-state index in [1.54, 1.807) is 18.3 Å². The number of carboxylic acid groups (broad SMARTS) is 1. The quantitative estimate of drug-likeness (QED) is 0.630. The molecule has 0 aliphatic heterocycles. The maximum absolute atomic E-state index is 12.1. The molecule has 0 spiro atoms. The molecule has 0 saturated carbocycles. The van der Waals surface area contributed by atoms with Crippen molar-refractivity contribution in [3.63, 3.8) is 0 Å². The molecule has 0 aliphatic carbocycles. The number of halogens is 1. The van der Waals surface area contributed by atoms with E-state index in [2.05, 4.69) is 25.6 Å². The monoisotopic (exact) mass is 348 g/mol. The number of hydrogen-bond acceptors (Lipinski definition) is 4. The molecule has 0 fully saturated rings. The fraction of sp³-hybridized carbons (Fsp3) is 0.500. The van der Waals surface area contributed by atoms with Crippen LogP contribution in [0.4, 0.5) is 0 Å². The maximum atomic E-state index is 12.1. The molecule has 0 aliphatic rings. The molecule has 5 nitrogen and oxygen atoms in total. The average molecular weight is 349 g/mol. The lowest BCUT2D eigenvalue weighted by atomic mass is 10.1. The number of carboxylic acids is 1. The largest absolute Gasteiger partial charge is 0.598 e. The summed E-state index contributed by atoms with van der Waals surface area (Å²) in [7, 11) is 0. The molecule has 0 saturated heterocycles. The highest BCUT2D eigenvalue weighted by Crippen LogP contribution is 2.23. The second kappa shape index (κ2) is 6.69. The highest BCUT2D eigenvalue weighted by Gasteiger charge is 2.30. The van der Waals surface area contributed by atoms with E-state index in [0.717, 1.165) is 5.56 Å². The second-order valence-corrected chi connectivity index (χ2v) is 7.87. The highest BCUT2D eigenvalue weighted by molar-refractivity contribution is 9.10. The van der Waals surface area contributed by atoms with Crippen molar-refractivity contribution in [2.45, 2.75) is 38.0 Å². The topological polar surface area (TPSA) is 85.3 Å². The standard InChI is InChI=1S/C12H17BrN2O3S/c1-12(2,3)19(18)15-9(7-11(16)17)8-4-5-14-10(13)6-8/h4-6,9,15H,7H2,1-3H3,(H,16,17)/t9-,19+/m1/s1. The van der Waals surface area contributed by atoms with E-state index in [-0.39, 0.29) is 6.42 Å². The first-order valence-electron chi connectivity index (χ1n) is 5.71. The number of nitrogens with zero attached hydrogens (tertiary/aromatic N) is 1. The van der Waals surface area contributed by atoms with Crippen LogP contribution < -0.4 is 4.72 Å². The van der Waals surface area contributed by atoms with Gasteiger partial charge in [-0.05, 0) is 54.4 Å². The van der Waals surface area contributed by atoms with Gasteiger partial charge in [0.15, 0.2) is 0 Å².